The predicted molar refractivity (Wildman–Crippen MR) is 198 cm³/mol. The zero-order valence-corrected chi connectivity index (χ0v) is 30.8. The summed E-state index contributed by atoms with van der Waals surface area (Å²) in [4.78, 5) is 68.1. The summed E-state index contributed by atoms with van der Waals surface area (Å²) in [5.41, 5.74) is 0.464. The summed E-state index contributed by atoms with van der Waals surface area (Å²) < 4.78 is 6.78. The number of carbonyl (C=O) groups is 3. The van der Waals surface area contributed by atoms with Crippen molar-refractivity contribution in [1.82, 2.24) is 10.2 Å². The largest absolute Gasteiger partial charge is 0.432 e. The van der Waals surface area contributed by atoms with E-state index in [4.69, 9.17) is 4.74 Å². The average Bonchev–Trinajstić information content (AvgIpc) is 3.54. The van der Waals surface area contributed by atoms with Crippen LogP contribution in [0.3, 0.4) is 0 Å². The Bertz CT molecular complexity index is 1810. The molecule has 0 aromatic heterocycles. The summed E-state index contributed by atoms with van der Waals surface area (Å²) in [7, 11) is -3.15. The van der Waals surface area contributed by atoms with Crippen LogP contribution in [0.2, 0.25) is 18.6 Å². The molecule has 3 aliphatic rings. The molecule has 3 heterocycles. The molecule has 276 valence electrons. The molecule has 3 aromatic rings. The van der Waals surface area contributed by atoms with Crippen LogP contribution in [0, 0.1) is 22.0 Å². The second-order valence-corrected chi connectivity index (χ2v) is 18.6. The zero-order chi connectivity index (χ0) is 37.2. The lowest BCUT2D eigenvalue weighted by molar-refractivity contribution is -0.385. The first-order valence-electron chi connectivity index (χ1n) is 17.9. The number of fused-ring (bicyclic) bond motifs is 2. The first kappa shape index (κ1) is 37.3. The fourth-order valence-electron chi connectivity index (χ4n) is 8.30. The molecule has 0 aliphatic carbocycles. The minimum atomic E-state index is -3.15. The minimum Gasteiger partial charge on any atom is -0.432 e. The number of hydrogen-bond donors (Lipinski definition) is 4. The number of aliphatic hydroxyl groups is 1. The number of amides is 3. The van der Waals surface area contributed by atoms with Crippen LogP contribution >= 0.6 is 0 Å². The number of ether oxygens (including phenoxy) is 1. The number of nitro benzene ring substituents is 1. The second kappa shape index (κ2) is 15.2. The van der Waals surface area contributed by atoms with Gasteiger partial charge in [0.1, 0.15) is 0 Å². The molecule has 3 aliphatic heterocycles. The highest BCUT2D eigenvalue weighted by atomic mass is 28.4. The number of aliphatic hydroxyl groups excluding tert-OH is 1. The lowest BCUT2D eigenvalue weighted by Crippen LogP contribution is -2.46. The van der Waals surface area contributed by atoms with E-state index >= 15 is 0 Å². The van der Waals surface area contributed by atoms with Crippen LogP contribution in [0.25, 0.3) is 0 Å². The van der Waals surface area contributed by atoms with Crippen molar-refractivity contribution < 1.29 is 33.9 Å². The van der Waals surface area contributed by atoms with Crippen molar-refractivity contribution in [3.8, 4) is 0 Å². The van der Waals surface area contributed by atoms with E-state index in [0.717, 1.165) is 30.5 Å². The third-order valence-corrected chi connectivity index (χ3v) is 13.2. The monoisotopic (exact) mass is 729 g/mol. The molecule has 0 saturated carbocycles. The van der Waals surface area contributed by atoms with Crippen LogP contribution < -0.4 is 15.5 Å². The standard InChI is InChI=1S/C38H47N5O8Si/c1-25-35(52(2,3)50)33(21-34(45)41(17-18-44)23-26-9-5-4-6-10-26)51-38(25)31-20-30(43(48)49)14-15-32(31)42(37(38)47)24-27-11-7-13-29(19-27)40-36(46)28-12-8-16-39-22-28/h4-7,9-11,13-15,19-20,25,28,33,35,39,44,50H,8,12,16-18,21-24H2,1-3H3,(H,40,46)/t25-,28?,33+,35-,38+/m1/s1. The van der Waals surface area contributed by atoms with Gasteiger partial charge in [-0.25, -0.2) is 0 Å². The highest BCUT2D eigenvalue weighted by molar-refractivity contribution is 6.71. The molecule has 2 saturated heterocycles. The Balaban J connectivity index is 1.32. The summed E-state index contributed by atoms with van der Waals surface area (Å²) in [6.07, 6.45) is 0.693. The van der Waals surface area contributed by atoms with Crippen molar-refractivity contribution in [2.24, 2.45) is 11.8 Å². The summed E-state index contributed by atoms with van der Waals surface area (Å²) in [6.45, 7) is 7.01. The van der Waals surface area contributed by atoms with Gasteiger partial charge in [-0.05, 0) is 61.8 Å². The van der Waals surface area contributed by atoms with E-state index in [-0.39, 0.29) is 56.1 Å². The lowest BCUT2D eigenvalue weighted by atomic mass is 9.82. The van der Waals surface area contributed by atoms with Gasteiger partial charge in [-0.3, -0.25) is 24.5 Å². The second-order valence-electron chi connectivity index (χ2n) is 14.7. The fraction of sp³-hybridized carbons (Fsp3) is 0.447. The molecule has 4 N–H and O–H groups in total. The van der Waals surface area contributed by atoms with E-state index in [1.54, 1.807) is 36.2 Å². The number of anilines is 2. The van der Waals surface area contributed by atoms with Gasteiger partial charge >= 0.3 is 0 Å². The number of nitro groups is 1. The number of piperidine rings is 1. The molecular formula is C38H47N5O8Si. The molecule has 1 spiro atoms. The van der Waals surface area contributed by atoms with Gasteiger partial charge < -0.3 is 35.1 Å². The number of benzene rings is 3. The summed E-state index contributed by atoms with van der Waals surface area (Å²) in [5, 5.41) is 28.1. The van der Waals surface area contributed by atoms with Crippen LogP contribution in [0.4, 0.5) is 17.1 Å². The molecular weight excluding hydrogens is 683 g/mol. The smallest absolute Gasteiger partial charge is 0.269 e. The van der Waals surface area contributed by atoms with Gasteiger partial charge in [-0.15, -0.1) is 0 Å². The van der Waals surface area contributed by atoms with E-state index in [2.05, 4.69) is 10.6 Å². The van der Waals surface area contributed by atoms with Gasteiger partial charge in [-0.2, -0.15) is 0 Å². The molecule has 1 unspecified atom stereocenters. The van der Waals surface area contributed by atoms with Crippen LogP contribution in [-0.2, 0) is 37.8 Å². The van der Waals surface area contributed by atoms with Gasteiger partial charge in [-0.1, -0.05) is 49.4 Å². The summed E-state index contributed by atoms with van der Waals surface area (Å²) in [6, 6.07) is 20.9. The highest BCUT2D eigenvalue weighted by Crippen LogP contribution is 2.60. The van der Waals surface area contributed by atoms with E-state index in [9.17, 15) is 34.4 Å². The fourth-order valence-corrected chi connectivity index (χ4v) is 10.9. The molecule has 3 aromatic carbocycles. The maximum Gasteiger partial charge on any atom is 0.269 e. The Morgan fingerprint density at radius 3 is 2.54 bits per heavy atom. The van der Waals surface area contributed by atoms with E-state index in [0.29, 0.717) is 23.5 Å². The maximum atomic E-state index is 14.9. The molecule has 14 heteroatoms. The average molecular weight is 730 g/mol. The SMILES string of the molecule is C[C@@H]1[C@@H]([Si](C)(C)O)[C@H](CC(=O)N(CCO)Cc2ccccc2)O[C@@]12C(=O)N(Cc1cccc(NC(=O)C3CCCNC3)c1)c1ccc([N+](=O)[O-])cc12. The summed E-state index contributed by atoms with van der Waals surface area (Å²) in [5.74, 6) is -1.60. The number of nitrogens with one attached hydrogen (secondary N) is 2. The Morgan fingerprint density at radius 1 is 1.12 bits per heavy atom. The maximum absolute atomic E-state index is 14.9. The van der Waals surface area contributed by atoms with Gasteiger partial charge in [0, 0.05) is 54.5 Å². The highest BCUT2D eigenvalue weighted by Gasteiger charge is 2.66. The van der Waals surface area contributed by atoms with Crippen molar-refractivity contribution in [1.29, 1.82) is 0 Å². The minimum absolute atomic E-state index is 0.0740. The number of non-ortho nitro benzene ring substituents is 1. The number of carbonyl (C=O) groups excluding carboxylic acids is 3. The van der Waals surface area contributed by atoms with Crippen molar-refractivity contribution in [3.05, 3.63) is 99.6 Å². The Labute approximate surface area is 304 Å². The van der Waals surface area contributed by atoms with Crippen LogP contribution in [0.15, 0.2) is 72.8 Å². The normalized spacial score (nSPS) is 24.2. The Kier molecular flexibility index (Phi) is 10.9. The number of nitrogens with zero attached hydrogens (tertiary/aromatic N) is 3. The first-order valence-corrected chi connectivity index (χ1v) is 20.9. The van der Waals surface area contributed by atoms with Gasteiger partial charge in [0.05, 0.1) is 42.2 Å². The molecule has 6 rings (SSSR count). The Morgan fingerprint density at radius 2 is 1.87 bits per heavy atom. The van der Waals surface area contributed by atoms with Crippen LogP contribution in [0.1, 0.15) is 42.9 Å². The van der Waals surface area contributed by atoms with Gasteiger partial charge in [0.25, 0.3) is 11.6 Å². The van der Waals surface area contributed by atoms with E-state index in [1.165, 1.54) is 17.0 Å². The van der Waals surface area contributed by atoms with Crippen LogP contribution in [-0.4, -0.2) is 78.1 Å². The van der Waals surface area contributed by atoms with Crippen molar-refractivity contribution in [2.45, 2.75) is 69.6 Å². The number of hydrogen-bond acceptors (Lipinski definition) is 9. The molecule has 52 heavy (non-hydrogen) atoms. The molecule has 0 bridgehead atoms. The van der Waals surface area contributed by atoms with Gasteiger partial charge in [0.15, 0.2) is 13.9 Å². The third kappa shape index (κ3) is 7.39. The van der Waals surface area contributed by atoms with Crippen molar-refractivity contribution in [2.75, 3.05) is 36.5 Å². The molecule has 0 radical (unpaired) electrons. The summed E-state index contributed by atoms with van der Waals surface area (Å²) >= 11 is 0. The number of rotatable bonds is 12. The molecule has 5 atom stereocenters. The van der Waals surface area contributed by atoms with E-state index in [1.807, 2.05) is 49.4 Å². The van der Waals surface area contributed by atoms with Crippen LogP contribution in [0.5, 0.6) is 0 Å². The Hall–Kier alpha value is -4.47. The lowest BCUT2D eigenvalue weighted by Gasteiger charge is -2.32. The first-order chi connectivity index (χ1) is 24.8. The topological polar surface area (TPSA) is 175 Å². The third-order valence-electron chi connectivity index (χ3n) is 10.7. The van der Waals surface area contributed by atoms with Crippen molar-refractivity contribution >= 4 is 43.1 Å². The molecule has 3 amide bonds. The van der Waals surface area contributed by atoms with E-state index < -0.39 is 42.3 Å². The predicted octanol–water partition coefficient (Wildman–Crippen LogP) is 4.29. The molecule has 2 fully saturated rings. The zero-order valence-electron chi connectivity index (χ0n) is 29.8. The quantitative estimate of drug-likeness (QED) is 0.121. The molecule has 13 nitrogen and oxygen atoms in total. The van der Waals surface area contributed by atoms with Gasteiger partial charge in [0.2, 0.25) is 11.8 Å². The van der Waals surface area contributed by atoms with Crippen molar-refractivity contribution in [3.63, 3.8) is 0 Å².